The quantitative estimate of drug-likeness (QED) is 0.747. The van der Waals surface area contributed by atoms with Gasteiger partial charge in [-0.3, -0.25) is 9.59 Å². The zero-order chi connectivity index (χ0) is 15.4. The maximum absolute atomic E-state index is 12.4. The highest BCUT2D eigenvalue weighted by molar-refractivity contribution is 6.34. The maximum atomic E-state index is 12.4. The van der Waals surface area contributed by atoms with Crippen molar-refractivity contribution >= 4 is 29.1 Å². The highest BCUT2D eigenvalue weighted by Crippen LogP contribution is 2.25. The van der Waals surface area contributed by atoms with Gasteiger partial charge in [0.05, 0.1) is 16.5 Å². The van der Waals surface area contributed by atoms with Gasteiger partial charge >= 0.3 is 0 Å². The number of carbonyl (C=O) groups excluding carboxylic acids is 2. The number of hydrogen-bond acceptors (Lipinski definition) is 3. The maximum Gasteiger partial charge on any atom is 0.250 e. The summed E-state index contributed by atoms with van der Waals surface area (Å²) in [7, 11) is 0. The van der Waals surface area contributed by atoms with Crippen molar-refractivity contribution in [1.82, 2.24) is 0 Å². The summed E-state index contributed by atoms with van der Waals surface area (Å²) in [5.74, 6) is -0.926. The summed E-state index contributed by atoms with van der Waals surface area (Å²) in [5.41, 5.74) is 12.0. The van der Waals surface area contributed by atoms with Gasteiger partial charge < -0.3 is 16.8 Å². The predicted octanol–water partition coefficient (Wildman–Crippen LogP) is 2.29. The summed E-state index contributed by atoms with van der Waals surface area (Å²) in [5, 5.41) is 3.08. The van der Waals surface area contributed by atoms with Gasteiger partial charge in [-0.15, -0.1) is 0 Å². The van der Waals surface area contributed by atoms with Crippen molar-refractivity contribution in [3.63, 3.8) is 0 Å². The lowest BCUT2D eigenvalue weighted by Gasteiger charge is -2.20. The van der Waals surface area contributed by atoms with Crippen molar-refractivity contribution in [2.45, 2.75) is 38.1 Å². The molecule has 21 heavy (non-hydrogen) atoms. The highest BCUT2D eigenvalue weighted by atomic mass is 35.5. The van der Waals surface area contributed by atoms with E-state index in [2.05, 4.69) is 5.32 Å². The minimum Gasteiger partial charge on any atom is -0.366 e. The lowest BCUT2D eigenvalue weighted by Crippen LogP contribution is -2.37. The molecule has 0 spiro atoms. The molecule has 0 bridgehead atoms. The predicted molar refractivity (Wildman–Crippen MR) is 83.2 cm³/mol. The van der Waals surface area contributed by atoms with Crippen molar-refractivity contribution in [2.24, 2.45) is 17.4 Å². The Morgan fingerprint density at radius 2 is 1.90 bits per heavy atom. The molecule has 114 valence electrons. The first-order chi connectivity index (χ1) is 9.99. The van der Waals surface area contributed by atoms with E-state index in [0.717, 1.165) is 32.1 Å². The molecular formula is C15H20ClN3O2. The van der Waals surface area contributed by atoms with Gasteiger partial charge in [-0.1, -0.05) is 30.9 Å². The number of nitrogens with two attached hydrogens (primary N) is 2. The van der Waals surface area contributed by atoms with E-state index in [1.54, 1.807) is 12.1 Å². The SMILES string of the molecule is NC(=O)c1cc(NC(=O)C2CCCCCC2N)ccc1Cl. The number of amides is 2. The first-order valence-corrected chi connectivity index (χ1v) is 7.52. The molecule has 0 heterocycles. The molecule has 5 nitrogen and oxygen atoms in total. The number of carbonyl (C=O) groups is 2. The molecule has 0 saturated heterocycles. The molecule has 2 amide bonds. The fourth-order valence-electron chi connectivity index (χ4n) is 2.69. The zero-order valence-electron chi connectivity index (χ0n) is 11.8. The highest BCUT2D eigenvalue weighted by Gasteiger charge is 2.27. The number of nitrogens with one attached hydrogen (secondary N) is 1. The molecular weight excluding hydrogens is 290 g/mol. The number of halogens is 1. The molecule has 0 aliphatic heterocycles. The van der Waals surface area contributed by atoms with E-state index >= 15 is 0 Å². The van der Waals surface area contributed by atoms with Crippen LogP contribution in [0.4, 0.5) is 5.69 Å². The number of primary amides is 1. The molecule has 2 unspecified atom stereocenters. The third kappa shape index (κ3) is 3.95. The molecule has 1 saturated carbocycles. The smallest absolute Gasteiger partial charge is 0.250 e. The molecule has 2 atom stereocenters. The van der Waals surface area contributed by atoms with Crippen LogP contribution in [0.3, 0.4) is 0 Å². The van der Waals surface area contributed by atoms with Crippen LogP contribution in [-0.4, -0.2) is 17.9 Å². The number of benzene rings is 1. The average molecular weight is 310 g/mol. The average Bonchev–Trinajstić information content (AvgIpc) is 2.65. The lowest BCUT2D eigenvalue weighted by atomic mass is 9.94. The topological polar surface area (TPSA) is 98.2 Å². The molecule has 1 aliphatic carbocycles. The second-order valence-electron chi connectivity index (χ2n) is 5.46. The molecule has 6 heteroatoms. The Balaban J connectivity index is 2.11. The van der Waals surface area contributed by atoms with E-state index in [1.165, 1.54) is 6.07 Å². The van der Waals surface area contributed by atoms with Gasteiger partial charge in [0.1, 0.15) is 0 Å². The van der Waals surface area contributed by atoms with Gasteiger partial charge in [0.15, 0.2) is 0 Å². The van der Waals surface area contributed by atoms with Crippen LogP contribution in [0.25, 0.3) is 0 Å². The van der Waals surface area contributed by atoms with E-state index in [-0.39, 0.29) is 28.5 Å². The molecule has 0 aromatic heterocycles. The number of rotatable bonds is 3. The molecule has 2 rings (SSSR count). The van der Waals surface area contributed by atoms with Crippen molar-refractivity contribution in [3.05, 3.63) is 28.8 Å². The first kappa shape index (κ1) is 15.8. The van der Waals surface area contributed by atoms with E-state index in [4.69, 9.17) is 23.1 Å². The van der Waals surface area contributed by atoms with E-state index < -0.39 is 5.91 Å². The van der Waals surface area contributed by atoms with Crippen molar-refractivity contribution in [1.29, 1.82) is 0 Å². The van der Waals surface area contributed by atoms with E-state index in [0.29, 0.717) is 5.69 Å². The Kier molecular flexibility index (Phi) is 5.20. The van der Waals surface area contributed by atoms with Gasteiger partial charge in [-0.25, -0.2) is 0 Å². The molecule has 1 aromatic carbocycles. The third-order valence-corrected chi connectivity index (χ3v) is 4.24. The van der Waals surface area contributed by atoms with Crippen LogP contribution in [0.2, 0.25) is 5.02 Å². The monoisotopic (exact) mass is 309 g/mol. The van der Waals surface area contributed by atoms with Crippen LogP contribution in [0, 0.1) is 5.92 Å². The van der Waals surface area contributed by atoms with Crippen molar-refractivity contribution < 1.29 is 9.59 Å². The summed E-state index contributed by atoms with van der Waals surface area (Å²) < 4.78 is 0. The number of hydrogen-bond donors (Lipinski definition) is 3. The summed E-state index contributed by atoms with van der Waals surface area (Å²) in [6.45, 7) is 0. The van der Waals surface area contributed by atoms with Gasteiger partial charge in [0.2, 0.25) is 11.8 Å². The fourth-order valence-corrected chi connectivity index (χ4v) is 2.90. The van der Waals surface area contributed by atoms with Crippen LogP contribution in [0.1, 0.15) is 42.5 Å². The van der Waals surface area contributed by atoms with Gasteiger partial charge in [0, 0.05) is 11.7 Å². The van der Waals surface area contributed by atoms with Crippen molar-refractivity contribution in [3.8, 4) is 0 Å². The Labute approximate surface area is 129 Å². The Bertz CT molecular complexity index is 548. The van der Waals surface area contributed by atoms with Gasteiger partial charge in [-0.2, -0.15) is 0 Å². The first-order valence-electron chi connectivity index (χ1n) is 7.15. The lowest BCUT2D eigenvalue weighted by molar-refractivity contribution is -0.120. The van der Waals surface area contributed by atoms with Crippen LogP contribution in [0.15, 0.2) is 18.2 Å². The standard InChI is InChI=1S/C15H20ClN3O2/c16-12-7-6-9(8-11(12)14(18)20)19-15(21)10-4-2-1-3-5-13(10)17/h6-8,10,13H,1-5,17H2,(H2,18,20)(H,19,21). The van der Waals surface area contributed by atoms with E-state index in [1.807, 2.05) is 0 Å². The third-order valence-electron chi connectivity index (χ3n) is 3.91. The minimum absolute atomic E-state index is 0.109. The Morgan fingerprint density at radius 3 is 2.62 bits per heavy atom. The summed E-state index contributed by atoms with van der Waals surface area (Å²) >= 11 is 5.89. The normalized spacial score (nSPS) is 22.4. The fraction of sp³-hybridized carbons (Fsp3) is 0.467. The zero-order valence-corrected chi connectivity index (χ0v) is 12.5. The van der Waals surface area contributed by atoms with Gasteiger partial charge in [-0.05, 0) is 31.0 Å². The van der Waals surface area contributed by atoms with Crippen LogP contribution in [-0.2, 0) is 4.79 Å². The second kappa shape index (κ2) is 6.91. The Hall–Kier alpha value is -1.59. The van der Waals surface area contributed by atoms with Gasteiger partial charge in [0.25, 0.3) is 0 Å². The van der Waals surface area contributed by atoms with E-state index in [9.17, 15) is 9.59 Å². The molecule has 1 aliphatic rings. The molecule has 1 aromatic rings. The molecule has 1 fully saturated rings. The van der Waals surface area contributed by atoms with Crippen LogP contribution in [0.5, 0.6) is 0 Å². The van der Waals surface area contributed by atoms with Crippen molar-refractivity contribution in [2.75, 3.05) is 5.32 Å². The largest absolute Gasteiger partial charge is 0.366 e. The summed E-state index contributed by atoms with van der Waals surface area (Å²) in [6, 6.07) is 4.57. The Morgan fingerprint density at radius 1 is 1.19 bits per heavy atom. The second-order valence-corrected chi connectivity index (χ2v) is 5.86. The van der Waals surface area contributed by atoms with Crippen LogP contribution >= 0.6 is 11.6 Å². The number of anilines is 1. The summed E-state index contributed by atoms with van der Waals surface area (Å²) in [4.78, 5) is 23.6. The molecule has 0 radical (unpaired) electrons. The summed E-state index contributed by atoms with van der Waals surface area (Å²) in [6.07, 6.45) is 4.86. The van der Waals surface area contributed by atoms with Crippen LogP contribution < -0.4 is 16.8 Å². The minimum atomic E-state index is -0.623. The molecule has 5 N–H and O–H groups in total.